The third kappa shape index (κ3) is 2.27. The van der Waals surface area contributed by atoms with Gasteiger partial charge in [0.15, 0.2) is 0 Å². The lowest BCUT2D eigenvalue weighted by Crippen LogP contribution is -2.68. The standard InChI is InChI=1S/C11H22N2O/c1-2-6-14-7-5-13-8-11(12,9-13)10-3-4-10/h10H,2-9,12H2,1H3. The average Bonchev–Trinajstić information content (AvgIpc) is 2.91. The highest BCUT2D eigenvalue weighted by Crippen LogP contribution is 2.42. The van der Waals surface area contributed by atoms with Gasteiger partial charge in [-0.15, -0.1) is 0 Å². The third-order valence-corrected chi connectivity index (χ3v) is 3.33. The molecule has 1 saturated heterocycles. The zero-order chi connectivity index (χ0) is 10.0. The minimum Gasteiger partial charge on any atom is -0.380 e. The molecule has 0 unspecified atom stereocenters. The number of rotatable bonds is 6. The van der Waals surface area contributed by atoms with Gasteiger partial charge in [0.2, 0.25) is 0 Å². The summed E-state index contributed by atoms with van der Waals surface area (Å²) >= 11 is 0. The molecule has 3 heteroatoms. The van der Waals surface area contributed by atoms with Crippen LogP contribution < -0.4 is 5.73 Å². The predicted octanol–water partition coefficient (Wildman–Crippen LogP) is 0.836. The molecule has 0 aromatic heterocycles. The van der Waals surface area contributed by atoms with Crippen molar-refractivity contribution in [3.05, 3.63) is 0 Å². The van der Waals surface area contributed by atoms with Crippen LogP contribution in [-0.4, -0.2) is 43.3 Å². The van der Waals surface area contributed by atoms with Gasteiger partial charge >= 0.3 is 0 Å². The van der Waals surface area contributed by atoms with E-state index >= 15 is 0 Å². The van der Waals surface area contributed by atoms with Crippen molar-refractivity contribution in [1.82, 2.24) is 4.90 Å². The van der Waals surface area contributed by atoms with E-state index in [4.69, 9.17) is 10.5 Å². The van der Waals surface area contributed by atoms with Gasteiger partial charge < -0.3 is 10.5 Å². The molecule has 2 aliphatic rings. The summed E-state index contributed by atoms with van der Waals surface area (Å²) in [5, 5.41) is 0. The van der Waals surface area contributed by atoms with Crippen LogP contribution in [0.1, 0.15) is 26.2 Å². The number of ether oxygens (including phenoxy) is 1. The highest BCUT2D eigenvalue weighted by atomic mass is 16.5. The summed E-state index contributed by atoms with van der Waals surface area (Å²) < 4.78 is 5.45. The fourth-order valence-corrected chi connectivity index (χ4v) is 2.30. The zero-order valence-electron chi connectivity index (χ0n) is 9.17. The average molecular weight is 198 g/mol. The van der Waals surface area contributed by atoms with Crippen molar-refractivity contribution >= 4 is 0 Å². The van der Waals surface area contributed by atoms with Gasteiger partial charge in [-0.2, -0.15) is 0 Å². The maximum Gasteiger partial charge on any atom is 0.0593 e. The predicted molar refractivity (Wildman–Crippen MR) is 57.2 cm³/mol. The fraction of sp³-hybridized carbons (Fsp3) is 1.00. The fourth-order valence-electron chi connectivity index (χ4n) is 2.30. The molecule has 0 spiro atoms. The van der Waals surface area contributed by atoms with E-state index in [1.807, 2.05) is 0 Å². The molecular weight excluding hydrogens is 176 g/mol. The summed E-state index contributed by atoms with van der Waals surface area (Å²) in [6, 6.07) is 0. The number of nitrogens with two attached hydrogens (primary N) is 1. The van der Waals surface area contributed by atoms with Crippen LogP contribution >= 0.6 is 0 Å². The molecule has 1 heterocycles. The molecule has 2 fully saturated rings. The molecule has 0 aromatic carbocycles. The van der Waals surface area contributed by atoms with E-state index in [0.29, 0.717) is 0 Å². The molecule has 2 N–H and O–H groups in total. The van der Waals surface area contributed by atoms with Gasteiger partial charge in [-0.25, -0.2) is 0 Å². The number of hydrogen-bond acceptors (Lipinski definition) is 3. The largest absolute Gasteiger partial charge is 0.380 e. The van der Waals surface area contributed by atoms with Gasteiger partial charge in [0.05, 0.1) is 6.61 Å². The van der Waals surface area contributed by atoms with Crippen LogP contribution in [0.25, 0.3) is 0 Å². The molecule has 0 amide bonds. The second-order valence-corrected chi connectivity index (χ2v) is 4.83. The lowest BCUT2D eigenvalue weighted by molar-refractivity contribution is 0.0221. The third-order valence-electron chi connectivity index (χ3n) is 3.33. The molecule has 0 atom stereocenters. The molecule has 82 valence electrons. The minimum absolute atomic E-state index is 0.171. The van der Waals surface area contributed by atoms with E-state index in [2.05, 4.69) is 11.8 Å². The maximum absolute atomic E-state index is 6.25. The quantitative estimate of drug-likeness (QED) is 0.643. The Labute approximate surface area is 86.6 Å². The molecule has 2 rings (SSSR count). The number of nitrogens with zero attached hydrogens (tertiary/aromatic N) is 1. The first-order valence-corrected chi connectivity index (χ1v) is 5.83. The Morgan fingerprint density at radius 3 is 2.64 bits per heavy atom. The van der Waals surface area contributed by atoms with Gasteiger partial charge in [0.25, 0.3) is 0 Å². The second-order valence-electron chi connectivity index (χ2n) is 4.83. The van der Waals surface area contributed by atoms with Crippen LogP contribution in [0.2, 0.25) is 0 Å². The summed E-state index contributed by atoms with van der Waals surface area (Å²) in [5.41, 5.74) is 6.42. The maximum atomic E-state index is 6.25. The van der Waals surface area contributed by atoms with Crippen LogP contribution in [0.3, 0.4) is 0 Å². The van der Waals surface area contributed by atoms with E-state index in [1.165, 1.54) is 12.8 Å². The van der Waals surface area contributed by atoms with Crippen LogP contribution in [0.4, 0.5) is 0 Å². The van der Waals surface area contributed by atoms with Gasteiger partial charge in [-0.05, 0) is 25.2 Å². The summed E-state index contributed by atoms with van der Waals surface area (Å²) in [6.45, 7) is 7.15. The van der Waals surface area contributed by atoms with Crippen molar-refractivity contribution in [1.29, 1.82) is 0 Å². The van der Waals surface area contributed by atoms with E-state index in [0.717, 1.165) is 45.2 Å². The number of hydrogen-bond donors (Lipinski definition) is 1. The first-order valence-electron chi connectivity index (χ1n) is 5.83. The van der Waals surface area contributed by atoms with Crippen molar-refractivity contribution in [3.63, 3.8) is 0 Å². The topological polar surface area (TPSA) is 38.5 Å². The summed E-state index contributed by atoms with van der Waals surface area (Å²) in [6.07, 6.45) is 3.83. The van der Waals surface area contributed by atoms with E-state index in [1.54, 1.807) is 0 Å². The van der Waals surface area contributed by atoms with Crippen molar-refractivity contribution in [2.24, 2.45) is 11.7 Å². The summed E-state index contributed by atoms with van der Waals surface area (Å²) in [5.74, 6) is 0.829. The van der Waals surface area contributed by atoms with Gasteiger partial charge in [-0.3, -0.25) is 4.90 Å². The Balaban J connectivity index is 1.54. The highest BCUT2D eigenvalue weighted by Gasteiger charge is 2.49. The monoisotopic (exact) mass is 198 g/mol. The second kappa shape index (κ2) is 4.17. The normalized spacial score (nSPS) is 26.1. The molecular formula is C11H22N2O. The van der Waals surface area contributed by atoms with Gasteiger partial charge in [0, 0.05) is 31.8 Å². The van der Waals surface area contributed by atoms with Gasteiger partial charge in [0.1, 0.15) is 0 Å². The van der Waals surface area contributed by atoms with Crippen molar-refractivity contribution in [2.75, 3.05) is 32.8 Å². The van der Waals surface area contributed by atoms with Crippen LogP contribution in [0, 0.1) is 5.92 Å². The Hall–Kier alpha value is -0.120. The molecule has 3 nitrogen and oxygen atoms in total. The van der Waals surface area contributed by atoms with Crippen LogP contribution in [0.15, 0.2) is 0 Å². The SMILES string of the molecule is CCCOCCN1CC(N)(C2CC2)C1. The first kappa shape index (κ1) is 10.4. The Bertz CT molecular complexity index is 186. The lowest BCUT2D eigenvalue weighted by atomic mass is 9.86. The van der Waals surface area contributed by atoms with E-state index < -0.39 is 0 Å². The molecule has 0 radical (unpaired) electrons. The Morgan fingerprint density at radius 1 is 1.36 bits per heavy atom. The zero-order valence-corrected chi connectivity index (χ0v) is 9.17. The number of likely N-dealkylation sites (tertiary alicyclic amines) is 1. The summed E-state index contributed by atoms with van der Waals surface area (Å²) in [4.78, 5) is 2.41. The molecule has 1 aliphatic carbocycles. The van der Waals surface area contributed by atoms with E-state index in [-0.39, 0.29) is 5.54 Å². The lowest BCUT2D eigenvalue weighted by Gasteiger charge is -2.48. The smallest absolute Gasteiger partial charge is 0.0593 e. The van der Waals surface area contributed by atoms with Crippen molar-refractivity contribution in [2.45, 2.75) is 31.7 Å². The van der Waals surface area contributed by atoms with Gasteiger partial charge in [-0.1, -0.05) is 6.92 Å². The van der Waals surface area contributed by atoms with Crippen LogP contribution in [0.5, 0.6) is 0 Å². The highest BCUT2D eigenvalue weighted by molar-refractivity contribution is 5.08. The molecule has 0 bridgehead atoms. The summed E-state index contributed by atoms with van der Waals surface area (Å²) in [7, 11) is 0. The van der Waals surface area contributed by atoms with E-state index in [9.17, 15) is 0 Å². The van der Waals surface area contributed by atoms with Crippen LogP contribution in [-0.2, 0) is 4.74 Å². The Kier molecular flexibility index (Phi) is 3.10. The minimum atomic E-state index is 0.171. The van der Waals surface area contributed by atoms with Crippen molar-refractivity contribution in [3.8, 4) is 0 Å². The molecule has 1 aliphatic heterocycles. The Morgan fingerprint density at radius 2 is 2.07 bits per heavy atom. The molecule has 0 aromatic rings. The molecule has 1 saturated carbocycles. The first-order chi connectivity index (χ1) is 6.74. The van der Waals surface area contributed by atoms with Crippen molar-refractivity contribution < 1.29 is 4.74 Å². The molecule has 14 heavy (non-hydrogen) atoms.